The zero-order valence-corrected chi connectivity index (χ0v) is 32.6. The predicted octanol–water partition coefficient (Wildman–Crippen LogP) is 8.16. The molecule has 0 spiro atoms. The minimum Gasteiger partial charge on any atom is -0.440 e. The topological polar surface area (TPSA) is 126 Å². The van der Waals surface area contributed by atoms with E-state index < -0.39 is 28.3 Å². The fourth-order valence-electron chi connectivity index (χ4n) is 8.04. The van der Waals surface area contributed by atoms with Crippen molar-refractivity contribution >= 4 is 40.9 Å². The van der Waals surface area contributed by atoms with Gasteiger partial charge >= 0.3 is 0 Å². The molecule has 4 aromatic heterocycles. The molecule has 8 aromatic rings. The van der Waals surface area contributed by atoms with Crippen molar-refractivity contribution in [2.75, 3.05) is 19.6 Å². The summed E-state index contributed by atoms with van der Waals surface area (Å²) in [6.07, 6.45) is 0.717. The Kier molecular flexibility index (Phi) is 10.2. The second-order valence-corrected chi connectivity index (χ2v) is 14.2. The van der Waals surface area contributed by atoms with Crippen LogP contribution in [0, 0.1) is 25.5 Å². The summed E-state index contributed by atoms with van der Waals surface area (Å²) in [5.74, 6) is -0.394. The summed E-state index contributed by atoms with van der Waals surface area (Å²) in [6.45, 7) is 4.13. The third-order valence-corrected chi connectivity index (χ3v) is 10.7. The van der Waals surface area contributed by atoms with Gasteiger partial charge in [-0.3, -0.25) is 23.5 Å². The summed E-state index contributed by atoms with van der Waals surface area (Å²) in [4.78, 5) is 48.4. The van der Waals surface area contributed by atoms with Gasteiger partial charge in [-0.2, -0.15) is 0 Å². The normalized spacial score (nSPS) is 13.7. The van der Waals surface area contributed by atoms with Crippen LogP contribution in [0.25, 0.3) is 33.4 Å². The number of nitrogens with one attached hydrogen (secondary N) is 3. The highest BCUT2D eigenvalue weighted by Gasteiger charge is 2.52. The van der Waals surface area contributed by atoms with E-state index in [1.54, 1.807) is 52.1 Å². The molecular weight excluding hydrogens is 778 g/mol. The average molecular weight is 815 g/mol. The summed E-state index contributed by atoms with van der Waals surface area (Å²) >= 11 is 0. The van der Waals surface area contributed by atoms with E-state index in [-0.39, 0.29) is 48.8 Å². The Morgan fingerprint density at radius 1 is 0.644 bits per heavy atom. The second kappa shape index (κ2) is 15.4. The number of carbonyl (C=O) groups excluding carboxylic acids is 1. The van der Waals surface area contributed by atoms with Gasteiger partial charge in [-0.15, -0.1) is 12.4 Å². The van der Waals surface area contributed by atoms with Crippen LogP contribution in [0.3, 0.4) is 0 Å². The average Bonchev–Trinajstić information content (AvgIpc) is 3.72. The van der Waals surface area contributed by atoms with Gasteiger partial charge in [0, 0.05) is 55.3 Å². The first-order valence-corrected chi connectivity index (χ1v) is 18.7. The summed E-state index contributed by atoms with van der Waals surface area (Å²) in [6, 6.07) is 33.1. The molecule has 0 saturated carbocycles. The number of halogens is 3. The maximum absolute atomic E-state index is 15.1. The highest BCUT2D eigenvalue weighted by Crippen LogP contribution is 2.54. The molecule has 0 atom stereocenters. The van der Waals surface area contributed by atoms with Crippen molar-refractivity contribution in [3.8, 4) is 34.6 Å². The van der Waals surface area contributed by atoms with Crippen molar-refractivity contribution in [2.45, 2.75) is 19.4 Å². The van der Waals surface area contributed by atoms with Crippen LogP contribution in [0.5, 0.6) is 23.3 Å². The van der Waals surface area contributed by atoms with Gasteiger partial charge in [0.2, 0.25) is 29.3 Å². The summed E-state index contributed by atoms with van der Waals surface area (Å²) in [7, 11) is 0. The van der Waals surface area contributed by atoms with E-state index in [4.69, 9.17) is 9.47 Å². The molecule has 5 heterocycles. The lowest BCUT2D eigenvalue weighted by molar-refractivity contribution is -0.124. The zero-order chi connectivity index (χ0) is 40.1. The molecular formula is C45H37ClF2N6O5. The van der Waals surface area contributed by atoms with Gasteiger partial charge in [-0.1, -0.05) is 48.5 Å². The Bertz CT molecular complexity index is 2810. The lowest BCUT2D eigenvalue weighted by Crippen LogP contribution is -2.59. The zero-order valence-electron chi connectivity index (χ0n) is 31.8. The van der Waals surface area contributed by atoms with Gasteiger partial charge in [0.25, 0.3) is 0 Å². The first kappa shape index (κ1) is 38.9. The SMILES string of the molecule is Cc1ccc(F)cc1Oc1c(C2(c3c(Oc4cc(F)ccc4C)n(-c4ccccc4)c4ccc(=O)[nH]c34)CNCCN2C=O)c2[nH]c(=O)ccc2n1-c1ccccc1.Cl. The summed E-state index contributed by atoms with van der Waals surface area (Å²) < 4.78 is 47.5. The molecule has 1 saturated heterocycles. The molecule has 1 aliphatic heterocycles. The molecule has 1 aliphatic rings. The van der Waals surface area contributed by atoms with Crippen LogP contribution in [0.15, 0.2) is 131 Å². The Hall–Kier alpha value is -6.96. The first-order valence-electron chi connectivity index (χ1n) is 18.7. The van der Waals surface area contributed by atoms with E-state index in [1.807, 2.05) is 60.7 Å². The smallest absolute Gasteiger partial charge is 0.248 e. The quantitative estimate of drug-likeness (QED) is 0.126. The van der Waals surface area contributed by atoms with E-state index in [0.29, 0.717) is 62.2 Å². The van der Waals surface area contributed by atoms with Crippen LogP contribution in [0.1, 0.15) is 22.3 Å². The largest absolute Gasteiger partial charge is 0.440 e. The molecule has 11 nitrogen and oxygen atoms in total. The molecule has 0 bridgehead atoms. The summed E-state index contributed by atoms with van der Waals surface area (Å²) in [5, 5.41) is 3.48. The molecule has 3 N–H and O–H groups in total. The molecule has 0 aliphatic carbocycles. The lowest BCUT2D eigenvalue weighted by Gasteiger charge is -2.46. The molecule has 298 valence electrons. The lowest BCUT2D eigenvalue weighted by atomic mass is 9.80. The molecule has 0 unspecified atom stereocenters. The number of amides is 1. The van der Waals surface area contributed by atoms with Gasteiger partial charge < -0.3 is 29.7 Å². The van der Waals surface area contributed by atoms with Crippen LogP contribution >= 0.6 is 12.4 Å². The third-order valence-electron chi connectivity index (χ3n) is 10.7. The van der Waals surface area contributed by atoms with Crippen LogP contribution in [-0.4, -0.2) is 50.0 Å². The number of H-pyrrole nitrogens is 2. The number of carbonyl (C=O) groups is 1. The number of hydrogen-bond donors (Lipinski definition) is 3. The molecule has 4 aromatic carbocycles. The number of aromatic amines is 2. The highest BCUT2D eigenvalue weighted by atomic mass is 35.5. The van der Waals surface area contributed by atoms with E-state index in [9.17, 15) is 14.4 Å². The maximum Gasteiger partial charge on any atom is 0.248 e. The number of piperazine rings is 1. The number of ether oxygens (including phenoxy) is 2. The number of nitrogens with zero attached hydrogens (tertiary/aromatic N) is 3. The van der Waals surface area contributed by atoms with Crippen molar-refractivity contribution in [2.24, 2.45) is 0 Å². The van der Waals surface area contributed by atoms with Gasteiger partial charge in [0.15, 0.2) is 0 Å². The fourth-order valence-corrected chi connectivity index (χ4v) is 8.04. The fraction of sp³-hybridized carbons (Fsp3) is 0.133. The van der Waals surface area contributed by atoms with Crippen LogP contribution in [0.2, 0.25) is 0 Å². The van der Waals surface area contributed by atoms with Crippen molar-refractivity contribution in [3.63, 3.8) is 0 Å². The monoisotopic (exact) mass is 814 g/mol. The number of hydrogen-bond acceptors (Lipinski definition) is 6. The van der Waals surface area contributed by atoms with Crippen molar-refractivity contribution in [1.82, 2.24) is 29.3 Å². The maximum atomic E-state index is 15.1. The minimum absolute atomic E-state index is 0. The minimum atomic E-state index is -1.67. The van der Waals surface area contributed by atoms with Crippen molar-refractivity contribution < 1.29 is 23.0 Å². The van der Waals surface area contributed by atoms with Gasteiger partial charge in [-0.25, -0.2) is 8.78 Å². The van der Waals surface area contributed by atoms with Gasteiger partial charge in [0.05, 0.1) is 33.2 Å². The molecule has 1 fully saturated rings. The molecule has 59 heavy (non-hydrogen) atoms. The number of benzene rings is 4. The number of aromatic nitrogens is 4. The number of rotatable bonds is 9. The Morgan fingerprint density at radius 3 is 1.54 bits per heavy atom. The number of para-hydroxylation sites is 2. The molecule has 9 rings (SSSR count). The van der Waals surface area contributed by atoms with E-state index in [1.165, 1.54) is 36.4 Å². The van der Waals surface area contributed by atoms with E-state index in [2.05, 4.69) is 15.3 Å². The number of fused-ring (bicyclic) bond motifs is 2. The van der Waals surface area contributed by atoms with E-state index in [0.717, 1.165) is 6.41 Å². The Balaban J connectivity index is 0.00000484. The van der Waals surface area contributed by atoms with Crippen LogP contribution < -0.4 is 25.9 Å². The van der Waals surface area contributed by atoms with Crippen LogP contribution in [0.4, 0.5) is 8.78 Å². The number of aryl methyl sites for hydroxylation is 2. The highest BCUT2D eigenvalue weighted by molar-refractivity contribution is 5.93. The number of pyridine rings is 2. The van der Waals surface area contributed by atoms with Crippen molar-refractivity contribution in [1.29, 1.82) is 0 Å². The first-order chi connectivity index (χ1) is 28.2. The van der Waals surface area contributed by atoms with Gasteiger partial charge in [0.1, 0.15) is 28.7 Å². The molecule has 0 radical (unpaired) electrons. The molecule has 14 heteroatoms. The van der Waals surface area contributed by atoms with E-state index >= 15 is 8.78 Å². The predicted molar refractivity (Wildman–Crippen MR) is 224 cm³/mol. The van der Waals surface area contributed by atoms with Crippen molar-refractivity contribution in [3.05, 3.63) is 176 Å². The van der Waals surface area contributed by atoms with Gasteiger partial charge in [-0.05, 0) is 73.5 Å². The van der Waals surface area contributed by atoms with Crippen LogP contribution in [-0.2, 0) is 10.3 Å². The summed E-state index contributed by atoms with van der Waals surface area (Å²) in [5.41, 5.74) is 2.21. The second-order valence-electron chi connectivity index (χ2n) is 14.2. The Morgan fingerprint density at radius 2 is 1.10 bits per heavy atom. The Labute approximate surface area is 341 Å². The third kappa shape index (κ3) is 6.54. The molecule has 1 amide bonds. The standard InChI is InChI=1S/C45H36F2N6O5.ClH/c1-27-13-15-29(46)23-35(27)57-43-39(41-33(17-19-37(55)49-41)52(43)31-9-5-3-6-10-31)45(25-48-21-22-51(45)26-54)40-42-34(18-20-38(56)50-42)53(32-11-7-4-8-12-32)44(40)58-36-24-30(47)16-14-28(36)2;/h3-20,23-24,26,48H,21-22,25H2,1-2H3,(H,49,55)(H,50,56);1H.